The minimum atomic E-state index is -0.791. The van der Waals surface area contributed by atoms with Gasteiger partial charge < -0.3 is 4.74 Å². The van der Waals surface area contributed by atoms with Crippen LogP contribution in [0.5, 0.6) is 0 Å². The second-order valence-corrected chi connectivity index (χ2v) is 8.14. The predicted octanol–water partition coefficient (Wildman–Crippen LogP) is 3.53. The molecule has 0 unspecified atom stereocenters. The summed E-state index contributed by atoms with van der Waals surface area (Å²) < 4.78 is 5.11. The number of carbonyl (C=O) groups excluding carboxylic acids is 4. The highest BCUT2D eigenvalue weighted by Crippen LogP contribution is 2.22. The Balaban J connectivity index is 1.55. The number of benzene rings is 2. The smallest absolute Gasteiger partial charge is 0.311 e. The summed E-state index contributed by atoms with van der Waals surface area (Å²) in [6, 6.07) is 9.59. The highest BCUT2D eigenvalue weighted by atomic mass is 35.5. The van der Waals surface area contributed by atoms with Gasteiger partial charge in [-0.25, -0.2) is 0 Å². The van der Waals surface area contributed by atoms with Crippen LogP contribution in [-0.2, 0) is 14.3 Å². The van der Waals surface area contributed by atoms with Gasteiger partial charge in [0.1, 0.15) is 0 Å². The number of halogens is 2. The lowest BCUT2D eigenvalue weighted by Crippen LogP contribution is -2.43. The maximum Gasteiger partial charge on any atom is 0.311 e. The molecule has 9 heteroatoms. The molecule has 2 aromatic rings. The molecule has 1 saturated heterocycles. The maximum absolute atomic E-state index is 12.4. The third-order valence-corrected chi connectivity index (χ3v) is 5.59. The van der Waals surface area contributed by atoms with Gasteiger partial charge in [-0.15, -0.1) is 0 Å². The van der Waals surface area contributed by atoms with E-state index in [9.17, 15) is 19.2 Å². The summed E-state index contributed by atoms with van der Waals surface area (Å²) in [5, 5.41) is 1.55. The summed E-state index contributed by atoms with van der Waals surface area (Å²) in [6.45, 7) is 3.35. The van der Waals surface area contributed by atoms with Crippen molar-refractivity contribution in [1.82, 2.24) is 10.4 Å². The molecule has 1 heterocycles. The van der Waals surface area contributed by atoms with Crippen molar-refractivity contribution in [1.29, 1.82) is 0 Å². The molecule has 0 radical (unpaired) electrons. The first kappa shape index (κ1) is 22.8. The predicted molar refractivity (Wildman–Crippen MR) is 115 cm³/mol. The first-order chi connectivity index (χ1) is 14.7. The van der Waals surface area contributed by atoms with Crippen LogP contribution >= 0.6 is 23.2 Å². The number of Topliss-reactive ketones (excluding diaryl/α,β-unsaturated/α-hetero) is 1. The van der Waals surface area contributed by atoms with E-state index in [-0.39, 0.29) is 29.3 Å². The summed E-state index contributed by atoms with van der Waals surface area (Å²) in [4.78, 5) is 49.2. The molecule has 0 spiro atoms. The van der Waals surface area contributed by atoms with Gasteiger partial charge in [0.2, 0.25) is 5.91 Å². The molecule has 2 aromatic carbocycles. The molecule has 0 aliphatic carbocycles. The number of nitrogens with zero attached hydrogens (tertiary/aromatic N) is 1. The number of hydrogen-bond donors (Lipinski definition) is 1. The normalized spacial score (nSPS) is 15.7. The maximum atomic E-state index is 12.4. The van der Waals surface area contributed by atoms with Crippen molar-refractivity contribution >= 4 is 46.8 Å². The van der Waals surface area contributed by atoms with E-state index >= 15 is 0 Å². The highest BCUT2D eigenvalue weighted by Gasteiger charge is 2.37. The highest BCUT2D eigenvalue weighted by molar-refractivity contribution is 6.36. The second kappa shape index (κ2) is 9.49. The Morgan fingerprint density at radius 2 is 1.84 bits per heavy atom. The van der Waals surface area contributed by atoms with Gasteiger partial charge in [-0.05, 0) is 49.2 Å². The quantitative estimate of drug-likeness (QED) is 0.523. The van der Waals surface area contributed by atoms with Gasteiger partial charge in [0.05, 0.1) is 23.0 Å². The van der Waals surface area contributed by atoms with Gasteiger partial charge in [0.25, 0.3) is 5.91 Å². The molecule has 0 bridgehead atoms. The molecule has 0 saturated carbocycles. The van der Waals surface area contributed by atoms with E-state index in [1.54, 1.807) is 12.1 Å². The number of rotatable bonds is 6. The molecule has 2 amide bonds. The zero-order valence-electron chi connectivity index (χ0n) is 16.9. The topological polar surface area (TPSA) is 92.8 Å². The summed E-state index contributed by atoms with van der Waals surface area (Å²) in [5.74, 6) is -2.84. The first-order valence-electron chi connectivity index (χ1n) is 9.49. The molecule has 7 nitrogen and oxygen atoms in total. The Hall–Kier alpha value is -2.90. The molecule has 0 aromatic heterocycles. The van der Waals surface area contributed by atoms with Crippen molar-refractivity contribution in [2.24, 2.45) is 5.92 Å². The molecule has 1 aliphatic rings. The SMILES string of the molecule is Cc1ccc(C(=O)COC(=O)[C@H]2CC(=O)N(NC(=O)c3ccc(Cl)cc3Cl)C2)cc1C. The van der Waals surface area contributed by atoms with E-state index in [4.69, 9.17) is 27.9 Å². The number of esters is 1. The monoisotopic (exact) mass is 462 g/mol. The van der Waals surface area contributed by atoms with Crippen LogP contribution in [-0.4, -0.2) is 41.7 Å². The van der Waals surface area contributed by atoms with Crippen LogP contribution in [0.3, 0.4) is 0 Å². The minimum absolute atomic E-state index is 0.0630. The number of hydrazine groups is 1. The number of aryl methyl sites for hydroxylation is 2. The molecule has 162 valence electrons. The van der Waals surface area contributed by atoms with E-state index in [1.165, 1.54) is 18.2 Å². The molecule has 1 aliphatic heterocycles. The Kier molecular flexibility index (Phi) is 6.97. The fourth-order valence-corrected chi connectivity index (χ4v) is 3.58. The third kappa shape index (κ3) is 5.42. The number of carbonyl (C=O) groups is 4. The van der Waals surface area contributed by atoms with Crippen molar-refractivity contribution in [3.8, 4) is 0 Å². The molecule has 1 fully saturated rings. The van der Waals surface area contributed by atoms with Gasteiger partial charge in [-0.1, -0.05) is 35.3 Å². The largest absolute Gasteiger partial charge is 0.457 e. The number of nitrogens with one attached hydrogen (secondary N) is 1. The lowest BCUT2D eigenvalue weighted by molar-refractivity contribution is -0.147. The molecule has 3 rings (SSSR count). The van der Waals surface area contributed by atoms with Gasteiger partial charge in [-0.2, -0.15) is 0 Å². The van der Waals surface area contributed by atoms with Gasteiger partial charge in [0.15, 0.2) is 12.4 Å². The number of ketones is 1. The van der Waals surface area contributed by atoms with Crippen LogP contribution in [0, 0.1) is 19.8 Å². The van der Waals surface area contributed by atoms with Crippen LogP contribution in [0.15, 0.2) is 36.4 Å². The fourth-order valence-electron chi connectivity index (χ4n) is 3.08. The Bertz CT molecular complexity index is 1070. The van der Waals surface area contributed by atoms with E-state index in [1.807, 2.05) is 19.9 Å². The van der Waals surface area contributed by atoms with Crippen LogP contribution in [0.4, 0.5) is 0 Å². The number of hydrogen-bond acceptors (Lipinski definition) is 5. The van der Waals surface area contributed by atoms with Crippen LogP contribution in [0.1, 0.15) is 38.3 Å². The molecule has 1 N–H and O–H groups in total. The van der Waals surface area contributed by atoms with E-state index in [0.717, 1.165) is 16.1 Å². The summed E-state index contributed by atoms with van der Waals surface area (Å²) in [7, 11) is 0. The zero-order chi connectivity index (χ0) is 22.7. The van der Waals surface area contributed by atoms with Crippen molar-refractivity contribution in [3.63, 3.8) is 0 Å². The van der Waals surface area contributed by atoms with Crippen molar-refractivity contribution in [3.05, 3.63) is 68.7 Å². The lowest BCUT2D eigenvalue weighted by atomic mass is 10.0. The van der Waals surface area contributed by atoms with Crippen LogP contribution in [0.25, 0.3) is 0 Å². The molecular formula is C22H20Cl2N2O5. The van der Waals surface area contributed by atoms with Crippen molar-refractivity contribution in [2.75, 3.05) is 13.2 Å². The van der Waals surface area contributed by atoms with E-state index < -0.39 is 30.3 Å². The molecular weight excluding hydrogens is 443 g/mol. The number of amides is 2. The average molecular weight is 463 g/mol. The van der Waals surface area contributed by atoms with Gasteiger partial charge in [-0.3, -0.25) is 29.6 Å². The van der Waals surface area contributed by atoms with E-state index in [2.05, 4.69) is 5.43 Å². The fraction of sp³-hybridized carbons (Fsp3) is 0.273. The molecule has 1 atom stereocenters. The van der Waals surface area contributed by atoms with Crippen molar-refractivity contribution < 1.29 is 23.9 Å². The van der Waals surface area contributed by atoms with Crippen LogP contribution < -0.4 is 5.43 Å². The summed E-state index contributed by atoms with van der Waals surface area (Å²) in [6.07, 6.45) is -0.134. The van der Waals surface area contributed by atoms with Crippen LogP contribution in [0.2, 0.25) is 10.0 Å². The third-order valence-electron chi connectivity index (χ3n) is 5.05. The first-order valence-corrected chi connectivity index (χ1v) is 10.2. The standard InChI is InChI=1S/C22H20Cl2N2O5/c1-12-3-4-14(7-13(12)2)19(27)11-31-22(30)15-8-20(28)26(10-15)25-21(29)17-6-5-16(23)9-18(17)24/h3-7,9,15H,8,10-11H2,1-2H3,(H,25,29)/t15-/m0/s1. The Labute approximate surface area is 189 Å². The molecule has 31 heavy (non-hydrogen) atoms. The Morgan fingerprint density at radius 1 is 1.10 bits per heavy atom. The minimum Gasteiger partial charge on any atom is -0.457 e. The van der Waals surface area contributed by atoms with Gasteiger partial charge >= 0.3 is 5.97 Å². The van der Waals surface area contributed by atoms with E-state index in [0.29, 0.717) is 10.6 Å². The Morgan fingerprint density at radius 3 is 2.52 bits per heavy atom. The average Bonchev–Trinajstić information content (AvgIpc) is 3.08. The van der Waals surface area contributed by atoms with Gasteiger partial charge in [0, 0.05) is 17.0 Å². The summed E-state index contributed by atoms with van der Waals surface area (Å²) >= 11 is 11.8. The zero-order valence-corrected chi connectivity index (χ0v) is 18.4. The van der Waals surface area contributed by atoms with Crippen molar-refractivity contribution in [2.45, 2.75) is 20.3 Å². The lowest BCUT2D eigenvalue weighted by Gasteiger charge is -2.18. The summed E-state index contributed by atoms with van der Waals surface area (Å²) in [5.41, 5.74) is 5.05. The number of ether oxygens (including phenoxy) is 1. The second-order valence-electron chi connectivity index (χ2n) is 7.30.